The first kappa shape index (κ1) is 17.5. The maximum atomic E-state index is 8.91. The Bertz CT molecular complexity index is 149. The third-order valence-electron chi connectivity index (χ3n) is 0. The first-order valence-electron chi connectivity index (χ1n) is 1.54. The molecule has 0 amide bonds. The molecule has 0 aromatic rings. The molecule has 0 saturated carbocycles. The van der Waals surface area contributed by atoms with Crippen molar-refractivity contribution in [2.75, 3.05) is 0 Å². The minimum absolute atomic E-state index is 0. The van der Waals surface area contributed by atoms with Crippen molar-refractivity contribution in [2.24, 2.45) is 0 Å². The molecule has 0 aromatic carbocycles. The monoisotopic (exact) mass is 218 g/mol. The summed E-state index contributed by atoms with van der Waals surface area (Å²) in [5.74, 6) is 0. The molecule has 0 heterocycles. The van der Waals surface area contributed by atoms with Crippen molar-refractivity contribution < 1.29 is 36.7 Å². The van der Waals surface area contributed by atoms with Gasteiger partial charge in [0.15, 0.2) is 0 Å². The molecule has 8 nitrogen and oxygen atoms in total. The van der Waals surface area contributed by atoms with Gasteiger partial charge in [-0.1, -0.05) is 0 Å². The van der Waals surface area contributed by atoms with Gasteiger partial charge in [-0.15, -0.1) is 0 Å². The quantitative estimate of drug-likeness (QED) is 0.206. The van der Waals surface area contributed by atoms with E-state index >= 15 is 0 Å². The second kappa shape index (κ2) is 6.03. The Labute approximate surface area is 73.9 Å². The van der Waals surface area contributed by atoms with E-state index in [2.05, 4.69) is 0 Å². The fourth-order valence-corrected chi connectivity index (χ4v) is 0. The van der Waals surface area contributed by atoms with E-state index in [0.29, 0.717) is 0 Å². The van der Waals surface area contributed by atoms with Crippen LogP contribution < -0.4 is 4.80 Å². The topological polar surface area (TPSA) is 164 Å². The van der Waals surface area contributed by atoms with Crippen LogP contribution in [0.1, 0.15) is 0 Å². The summed E-state index contributed by atoms with van der Waals surface area (Å²) in [7, 11) is -10.0. The summed E-state index contributed by atoms with van der Waals surface area (Å²) < 4.78 is 34.1. The van der Waals surface area contributed by atoms with Crippen LogP contribution in [-0.4, -0.2) is 58.3 Å². The molecule has 0 aliphatic carbocycles. The summed E-state index contributed by atoms with van der Waals surface area (Å²) in [6.07, 6.45) is 0. The second-order valence-electron chi connectivity index (χ2n) is 0.982. The second-order valence-corrected chi connectivity index (χ2v) is 2.95. The van der Waals surface area contributed by atoms with Gasteiger partial charge in [-0.25, -0.2) is 0 Å². The molecule has 0 unspecified atom stereocenters. The van der Waals surface area contributed by atoms with Crippen molar-refractivity contribution in [2.45, 2.75) is 0 Å². The molecule has 0 aromatic heterocycles. The molecule has 0 bridgehead atoms. The third-order valence-corrected chi connectivity index (χ3v) is 0. The van der Waals surface area contributed by atoms with Crippen LogP contribution in [0.15, 0.2) is 0 Å². The van der Waals surface area contributed by atoms with Crippen molar-refractivity contribution in [1.29, 1.82) is 0 Å². The molecule has 0 saturated heterocycles. The molecule has 0 aliphatic rings. The third kappa shape index (κ3) is 3550. The molecular weight excluding hydrogens is 215 g/mol. The maximum absolute atomic E-state index is 8.91. The van der Waals surface area contributed by atoms with Crippen LogP contribution in [0.25, 0.3) is 0 Å². The van der Waals surface area contributed by atoms with Gasteiger partial charge < -0.3 is 28.3 Å². The molecular formula is H3AlO8SSi. The summed E-state index contributed by atoms with van der Waals surface area (Å²) >= 11 is 0. The molecule has 0 spiro atoms. The van der Waals surface area contributed by atoms with Gasteiger partial charge in [0.05, 0.1) is 0 Å². The average molecular weight is 218 g/mol. The Morgan fingerprint density at radius 2 is 1.09 bits per heavy atom. The minimum atomic E-state index is -5.17. The van der Waals surface area contributed by atoms with Crippen LogP contribution in [0.3, 0.4) is 0 Å². The number of hydrogen-bond acceptors (Lipinski definition) is 8. The van der Waals surface area contributed by atoms with Crippen LogP contribution in [0.2, 0.25) is 0 Å². The van der Waals surface area contributed by atoms with Gasteiger partial charge >= 0.3 is 26.4 Å². The van der Waals surface area contributed by atoms with Gasteiger partial charge in [0.25, 0.3) is 0 Å². The van der Waals surface area contributed by atoms with Crippen LogP contribution in [0.4, 0.5) is 0 Å². The van der Waals surface area contributed by atoms with Crippen LogP contribution >= 0.6 is 0 Å². The Hall–Kier alpha value is 0.459. The Kier molecular flexibility index (Phi) is 9.60. The fraction of sp³-hybridized carbons (Fsp3) is 0. The fourth-order valence-electron chi connectivity index (χ4n) is 0. The van der Waals surface area contributed by atoms with E-state index < -0.39 is 19.4 Å². The van der Waals surface area contributed by atoms with E-state index in [1.54, 1.807) is 0 Å². The molecule has 0 atom stereocenters. The predicted molar refractivity (Wildman–Crippen MR) is 28.6 cm³/mol. The summed E-state index contributed by atoms with van der Waals surface area (Å²) in [6.45, 7) is 0. The first-order valence-corrected chi connectivity index (χ1v) is 4.62. The zero-order chi connectivity index (χ0) is 9.00. The summed E-state index contributed by atoms with van der Waals surface area (Å²) in [4.78, 5) is 30.6. The molecule has 64 valence electrons. The van der Waals surface area contributed by atoms with Crippen LogP contribution in [-0.2, 0) is 10.4 Å². The molecule has 11 heavy (non-hydrogen) atoms. The van der Waals surface area contributed by atoms with Gasteiger partial charge in [-0.3, -0.25) is 8.42 Å². The first-order chi connectivity index (χ1) is 4.00. The number of hydrogen-bond donors (Lipinski definition) is 3. The minimum Gasteiger partial charge on any atom is -0.794 e. The van der Waals surface area contributed by atoms with Crippen molar-refractivity contribution in [3.05, 3.63) is 0 Å². The normalized spacial score (nSPS) is 10.7. The van der Waals surface area contributed by atoms with E-state index in [1.165, 1.54) is 0 Å². The Morgan fingerprint density at radius 1 is 1.09 bits per heavy atom. The molecule has 0 aliphatic heterocycles. The SMILES string of the molecule is O=S(=O)([O-])[O-].[Al+3].[O-][Si](O)(O)O. The molecule has 11 heteroatoms. The van der Waals surface area contributed by atoms with Gasteiger partial charge in [-0.2, -0.15) is 0 Å². The van der Waals surface area contributed by atoms with Gasteiger partial charge in [0, 0.05) is 10.4 Å². The van der Waals surface area contributed by atoms with Crippen molar-refractivity contribution in [1.82, 2.24) is 0 Å². The van der Waals surface area contributed by atoms with E-state index in [1.807, 2.05) is 0 Å². The van der Waals surface area contributed by atoms with Gasteiger partial charge in [0.2, 0.25) is 0 Å². The van der Waals surface area contributed by atoms with Gasteiger partial charge in [0.1, 0.15) is 0 Å². The molecule has 0 rings (SSSR count). The number of rotatable bonds is 0. The average Bonchev–Trinajstić information content (AvgIpc) is 1.12. The van der Waals surface area contributed by atoms with E-state index in [0.717, 1.165) is 0 Å². The standard InChI is InChI=1S/Al.H2O4S.H3O4Si/c;2*1-5(2,3)4/h;(H2,1,2,3,4);1-3H/q+3;;-1/p-2. The van der Waals surface area contributed by atoms with Crippen LogP contribution in [0.5, 0.6) is 0 Å². The zero-order valence-corrected chi connectivity index (χ0v) is 7.84. The van der Waals surface area contributed by atoms with Crippen LogP contribution in [0, 0.1) is 0 Å². The largest absolute Gasteiger partial charge is 3.00 e. The van der Waals surface area contributed by atoms with Crippen molar-refractivity contribution in [3.63, 3.8) is 0 Å². The summed E-state index contributed by atoms with van der Waals surface area (Å²) in [5.41, 5.74) is 0. The molecule has 0 radical (unpaired) electrons. The van der Waals surface area contributed by atoms with E-state index in [4.69, 9.17) is 36.7 Å². The summed E-state index contributed by atoms with van der Waals surface area (Å²) in [5, 5.41) is 0. The Morgan fingerprint density at radius 3 is 1.09 bits per heavy atom. The van der Waals surface area contributed by atoms with Crippen molar-refractivity contribution in [3.8, 4) is 0 Å². The van der Waals surface area contributed by atoms with E-state index in [-0.39, 0.29) is 17.4 Å². The zero-order valence-electron chi connectivity index (χ0n) is 4.87. The molecule has 3 N–H and O–H groups in total. The maximum Gasteiger partial charge on any atom is 3.00 e. The van der Waals surface area contributed by atoms with Crippen molar-refractivity contribution >= 4 is 36.8 Å². The van der Waals surface area contributed by atoms with Gasteiger partial charge in [-0.05, 0) is 0 Å². The predicted octanol–water partition coefficient (Wildman–Crippen LogP) is -4.96. The molecule has 0 fully saturated rings. The summed E-state index contributed by atoms with van der Waals surface area (Å²) in [6, 6.07) is 0. The van der Waals surface area contributed by atoms with E-state index in [9.17, 15) is 0 Å². The smallest absolute Gasteiger partial charge is 0.794 e. The Balaban J connectivity index is -0.000000107.